The summed E-state index contributed by atoms with van der Waals surface area (Å²) in [6, 6.07) is 4.46. The smallest absolute Gasteiger partial charge is 0.136 e. The molecule has 0 heterocycles. The Kier molecular flexibility index (Phi) is 6.52. The van der Waals surface area contributed by atoms with Gasteiger partial charge < -0.3 is 10.1 Å². The molecule has 1 unspecified atom stereocenters. The third-order valence-electron chi connectivity index (χ3n) is 2.34. The summed E-state index contributed by atoms with van der Waals surface area (Å²) >= 11 is 3.34. The van der Waals surface area contributed by atoms with Gasteiger partial charge in [-0.3, -0.25) is 0 Å². The SMILES string of the molecule is CCCNCC(C)COc1cc(F)ccc1Br. The third kappa shape index (κ3) is 5.50. The highest BCUT2D eigenvalue weighted by molar-refractivity contribution is 9.10. The van der Waals surface area contributed by atoms with E-state index in [1.54, 1.807) is 6.07 Å². The molecule has 0 amide bonds. The quantitative estimate of drug-likeness (QED) is 0.777. The van der Waals surface area contributed by atoms with Crippen molar-refractivity contribution < 1.29 is 9.13 Å². The molecule has 1 aromatic carbocycles. The molecule has 0 aliphatic rings. The Balaban J connectivity index is 2.36. The molecule has 0 saturated heterocycles. The molecular weight excluding hydrogens is 285 g/mol. The molecule has 96 valence electrons. The van der Waals surface area contributed by atoms with E-state index >= 15 is 0 Å². The number of rotatable bonds is 7. The van der Waals surface area contributed by atoms with Gasteiger partial charge in [-0.1, -0.05) is 13.8 Å². The monoisotopic (exact) mass is 303 g/mol. The molecule has 17 heavy (non-hydrogen) atoms. The van der Waals surface area contributed by atoms with E-state index in [2.05, 4.69) is 35.1 Å². The summed E-state index contributed by atoms with van der Waals surface area (Å²) in [6.45, 7) is 6.77. The fourth-order valence-electron chi connectivity index (χ4n) is 1.40. The summed E-state index contributed by atoms with van der Waals surface area (Å²) in [4.78, 5) is 0. The summed E-state index contributed by atoms with van der Waals surface area (Å²) in [5.41, 5.74) is 0. The Bertz CT molecular complexity index is 346. The van der Waals surface area contributed by atoms with Crippen LogP contribution in [0, 0.1) is 11.7 Å². The van der Waals surface area contributed by atoms with E-state index in [9.17, 15) is 4.39 Å². The molecule has 1 aromatic rings. The Morgan fingerprint density at radius 3 is 2.94 bits per heavy atom. The van der Waals surface area contributed by atoms with Crippen LogP contribution in [0.4, 0.5) is 4.39 Å². The molecule has 1 N–H and O–H groups in total. The van der Waals surface area contributed by atoms with Crippen molar-refractivity contribution in [3.05, 3.63) is 28.5 Å². The van der Waals surface area contributed by atoms with Crippen molar-refractivity contribution in [3.8, 4) is 5.75 Å². The van der Waals surface area contributed by atoms with Crippen LogP contribution in [0.25, 0.3) is 0 Å². The van der Waals surface area contributed by atoms with Crippen LogP contribution in [-0.4, -0.2) is 19.7 Å². The third-order valence-corrected chi connectivity index (χ3v) is 2.99. The van der Waals surface area contributed by atoms with Gasteiger partial charge >= 0.3 is 0 Å². The lowest BCUT2D eigenvalue weighted by Crippen LogP contribution is -2.25. The van der Waals surface area contributed by atoms with Crippen molar-refractivity contribution in [2.45, 2.75) is 20.3 Å². The van der Waals surface area contributed by atoms with Gasteiger partial charge in [0.1, 0.15) is 11.6 Å². The highest BCUT2D eigenvalue weighted by Gasteiger charge is 2.06. The zero-order chi connectivity index (χ0) is 12.7. The van der Waals surface area contributed by atoms with Crippen LogP contribution >= 0.6 is 15.9 Å². The number of halogens is 2. The average Bonchev–Trinajstić information content (AvgIpc) is 2.31. The Labute approximate surface area is 111 Å². The Morgan fingerprint density at radius 1 is 1.47 bits per heavy atom. The molecule has 0 aliphatic carbocycles. The van der Waals surface area contributed by atoms with E-state index in [-0.39, 0.29) is 5.82 Å². The van der Waals surface area contributed by atoms with E-state index < -0.39 is 0 Å². The molecule has 0 bridgehead atoms. The highest BCUT2D eigenvalue weighted by Crippen LogP contribution is 2.25. The van der Waals surface area contributed by atoms with Crippen molar-refractivity contribution in [2.24, 2.45) is 5.92 Å². The van der Waals surface area contributed by atoms with Crippen LogP contribution in [-0.2, 0) is 0 Å². The van der Waals surface area contributed by atoms with Crippen molar-refractivity contribution >= 4 is 15.9 Å². The van der Waals surface area contributed by atoms with Gasteiger partial charge in [0.15, 0.2) is 0 Å². The summed E-state index contributed by atoms with van der Waals surface area (Å²) in [5.74, 6) is 0.684. The molecule has 4 heteroatoms. The van der Waals surface area contributed by atoms with Crippen molar-refractivity contribution in [1.82, 2.24) is 5.32 Å². The lowest BCUT2D eigenvalue weighted by Gasteiger charge is -2.14. The molecule has 0 aliphatic heterocycles. The van der Waals surface area contributed by atoms with Gasteiger partial charge in [-0.2, -0.15) is 0 Å². The van der Waals surface area contributed by atoms with Crippen LogP contribution in [0.5, 0.6) is 5.75 Å². The summed E-state index contributed by atoms with van der Waals surface area (Å²) in [5, 5.41) is 3.33. The maximum Gasteiger partial charge on any atom is 0.136 e. The van der Waals surface area contributed by atoms with E-state index in [4.69, 9.17) is 4.74 Å². The van der Waals surface area contributed by atoms with Crippen LogP contribution in [0.3, 0.4) is 0 Å². The molecule has 1 atom stereocenters. The number of hydrogen-bond donors (Lipinski definition) is 1. The van der Waals surface area contributed by atoms with Gasteiger partial charge in [0.25, 0.3) is 0 Å². The molecule has 1 rings (SSSR count). The maximum absolute atomic E-state index is 13.0. The first-order valence-corrected chi connectivity index (χ1v) is 6.71. The van der Waals surface area contributed by atoms with Gasteiger partial charge in [0.2, 0.25) is 0 Å². The number of ether oxygens (including phenoxy) is 1. The first-order valence-electron chi connectivity index (χ1n) is 5.92. The van der Waals surface area contributed by atoms with Gasteiger partial charge in [-0.15, -0.1) is 0 Å². The first kappa shape index (κ1) is 14.5. The zero-order valence-corrected chi connectivity index (χ0v) is 11.9. The molecular formula is C13H19BrFNO. The topological polar surface area (TPSA) is 21.3 Å². The zero-order valence-electron chi connectivity index (χ0n) is 10.3. The van der Waals surface area contributed by atoms with Crippen LogP contribution < -0.4 is 10.1 Å². The minimum absolute atomic E-state index is 0.278. The summed E-state index contributed by atoms with van der Waals surface area (Å²) in [7, 11) is 0. The van der Waals surface area contributed by atoms with Crippen molar-refractivity contribution in [1.29, 1.82) is 0 Å². The second-order valence-electron chi connectivity index (χ2n) is 4.20. The number of hydrogen-bond acceptors (Lipinski definition) is 2. The average molecular weight is 304 g/mol. The molecule has 0 aromatic heterocycles. The predicted molar refractivity (Wildman–Crippen MR) is 71.9 cm³/mol. The molecule has 0 fully saturated rings. The van der Waals surface area contributed by atoms with E-state index in [1.165, 1.54) is 12.1 Å². The number of benzene rings is 1. The second kappa shape index (κ2) is 7.67. The van der Waals surface area contributed by atoms with Gasteiger partial charge in [-0.25, -0.2) is 4.39 Å². The van der Waals surface area contributed by atoms with Gasteiger partial charge in [0.05, 0.1) is 11.1 Å². The van der Waals surface area contributed by atoms with Gasteiger partial charge in [0, 0.05) is 18.5 Å². The fourth-order valence-corrected chi connectivity index (χ4v) is 1.77. The minimum atomic E-state index is -0.278. The van der Waals surface area contributed by atoms with E-state index in [0.29, 0.717) is 18.3 Å². The first-order chi connectivity index (χ1) is 8.13. The van der Waals surface area contributed by atoms with E-state index in [0.717, 1.165) is 24.0 Å². The lowest BCUT2D eigenvalue weighted by molar-refractivity contribution is 0.253. The maximum atomic E-state index is 13.0. The minimum Gasteiger partial charge on any atom is -0.492 e. The molecule has 0 saturated carbocycles. The van der Waals surface area contributed by atoms with Crippen molar-refractivity contribution in [2.75, 3.05) is 19.7 Å². The molecule has 0 spiro atoms. The Morgan fingerprint density at radius 2 is 2.24 bits per heavy atom. The molecule has 2 nitrogen and oxygen atoms in total. The van der Waals surface area contributed by atoms with Crippen LogP contribution in [0.1, 0.15) is 20.3 Å². The second-order valence-corrected chi connectivity index (χ2v) is 5.05. The largest absolute Gasteiger partial charge is 0.492 e. The van der Waals surface area contributed by atoms with Gasteiger partial charge in [-0.05, 0) is 41.0 Å². The highest BCUT2D eigenvalue weighted by atomic mass is 79.9. The van der Waals surface area contributed by atoms with E-state index in [1.807, 2.05) is 0 Å². The van der Waals surface area contributed by atoms with Crippen LogP contribution in [0.2, 0.25) is 0 Å². The fraction of sp³-hybridized carbons (Fsp3) is 0.538. The standard InChI is InChI=1S/C13H19BrFNO/c1-3-6-16-8-10(2)9-17-13-7-11(15)4-5-12(13)14/h4-5,7,10,16H,3,6,8-9H2,1-2H3. The normalized spacial score (nSPS) is 12.5. The Hall–Kier alpha value is -0.610. The number of nitrogens with one attached hydrogen (secondary N) is 1. The van der Waals surface area contributed by atoms with Crippen molar-refractivity contribution in [3.63, 3.8) is 0 Å². The molecule has 0 radical (unpaired) electrons. The predicted octanol–water partition coefficient (Wildman–Crippen LogP) is 3.60. The summed E-state index contributed by atoms with van der Waals surface area (Å²) < 4.78 is 19.4. The van der Waals surface area contributed by atoms with Crippen LogP contribution in [0.15, 0.2) is 22.7 Å². The summed E-state index contributed by atoms with van der Waals surface area (Å²) in [6.07, 6.45) is 1.13. The lowest BCUT2D eigenvalue weighted by atomic mass is 10.2.